The van der Waals surface area contributed by atoms with Gasteiger partial charge in [-0.2, -0.15) is 5.10 Å². The van der Waals surface area contributed by atoms with Crippen molar-refractivity contribution in [2.45, 2.75) is 32.6 Å². The van der Waals surface area contributed by atoms with Crippen LogP contribution >= 0.6 is 0 Å². The van der Waals surface area contributed by atoms with Gasteiger partial charge in [-0.15, -0.1) is 0 Å². The lowest BCUT2D eigenvalue weighted by Gasteiger charge is -2.26. The van der Waals surface area contributed by atoms with E-state index in [9.17, 15) is 9.59 Å². The van der Waals surface area contributed by atoms with E-state index in [0.717, 1.165) is 18.5 Å². The molecule has 0 atom stereocenters. The number of nitrogens with one attached hydrogen (secondary N) is 1. The van der Waals surface area contributed by atoms with E-state index >= 15 is 0 Å². The van der Waals surface area contributed by atoms with Gasteiger partial charge in [0.15, 0.2) is 0 Å². The van der Waals surface area contributed by atoms with E-state index in [0.29, 0.717) is 31.0 Å². The molecule has 2 rings (SSSR count). The fourth-order valence-electron chi connectivity index (χ4n) is 2.76. The van der Waals surface area contributed by atoms with Crippen LogP contribution in [0.15, 0.2) is 6.07 Å². The van der Waals surface area contributed by atoms with Crippen molar-refractivity contribution in [1.82, 2.24) is 15.1 Å². The highest BCUT2D eigenvalue weighted by atomic mass is 16.4. The number of aromatic nitrogens is 2. The molecule has 0 saturated heterocycles. The molecule has 1 aliphatic rings. The first-order chi connectivity index (χ1) is 9.47. The Bertz CT molecular complexity index is 502. The Labute approximate surface area is 118 Å². The van der Waals surface area contributed by atoms with E-state index in [1.165, 1.54) is 0 Å². The molecule has 1 aromatic heterocycles. The maximum Gasteiger partial charge on any atom is 0.306 e. The molecule has 1 aliphatic carbocycles. The van der Waals surface area contributed by atoms with Gasteiger partial charge in [-0.05, 0) is 44.6 Å². The van der Waals surface area contributed by atoms with Gasteiger partial charge in [0, 0.05) is 13.6 Å². The molecule has 1 saturated carbocycles. The topological polar surface area (TPSA) is 84.2 Å². The van der Waals surface area contributed by atoms with E-state index in [4.69, 9.17) is 5.11 Å². The Morgan fingerprint density at radius 3 is 2.55 bits per heavy atom. The van der Waals surface area contributed by atoms with Gasteiger partial charge in [-0.25, -0.2) is 0 Å². The van der Waals surface area contributed by atoms with Crippen LogP contribution in [0.4, 0.5) is 0 Å². The Morgan fingerprint density at radius 1 is 1.40 bits per heavy atom. The summed E-state index contributed by atoms with van der Waals surface area (Å²) in [4.78, 5) is 22.9. The monoisotopic (exact) mass is 279 g/mol. The third-order valence-electron chi connectivity index (χ3n) is 3.98. The minimum atomic E-state index is -0.696. The van der Waals surface area contributed by atoms with Crippen LogP contribution in [0.5, 0.6) is 0 Å². The molecule has 2 N–H and O–H groups in total. The first-order valence-corrected chi connectivity index (χ1v) is 6.99. The largest absolute Gasteiger partial charge is 0.481 e. The van der Waals surface area contributed by atoms with E-state index in [-0.39, 0.29) is 11.8 Å². The lowest BCUT2D eigenvalue weighted by atomic mass is 9.82. The predicted octanol–water partition coefficient (Wildman–Crippen LogP) is 1.35. The number of rotatable bonds is 4. The van der Waals surface area contributed by atoms with Crippen molar-refractivity contribution < 1.29 is 14.7 Å². The molecule has 0 unspecified atom stereocenters. The van der Waals surface area contributed by atoms with E-state index < -0.39 is 5.97 Å². The van der Waals surface area contributed by atoms with Crippen LogP contribution in [0, 0.1) is 18.8 Å². The van der Waals surface area contributed by atoms with Crippen LogP contribution in [-0.2, 0) is 11.8 Å². The fraction of sp³-hybridized carbons (Fsp3) is 0.643. The van der Waals surface area contributed by atoms with E-state index in [2.05, 4.69) is 10.4 Å². The molecule has 1 amide bonds. The summed E-state index contributed by atoms with van der Waals surface area (Å²) in [6, 6.07) is 1.76. The third kappa shape index (κ3) is 3.37. The van der Waals surface area contributed by atoms with Crippen molar-refractivity contribution in [3.8, 4) is 0 Å². The van der Waals surface area contributed by atoms with Gasteiger partial charge in [-0.3, -0.25) is 14.3 Å². The van der Waals surface area contributed by atoms with Crippen molar-refractivity contribution in [3.63, 3.8) is 0 Å². The standard InChI is InChI=1S/C14H21N3O3/c1-9-7-12(17(2)16-9)13(18)15-8-10-3-5-11(6-4-10)14(19)20/h7,10-11H,3-6,8H2,1-2H3,(H,15,18)(H,19,20). The van der Waals surface area contributed by atoms with Gasteiger partial charge in [0.2, 0.25) is 0 Å². The average molecular weight is 279 g/mol. The average Bonchev–Trinajstić information content (AvgIpc) is 2.75. The van der Waals surface area contributed by atoms with Gasteiger partial charge in [0.05, 0.1) is 11.6 Å². The molecule has 6 heteroatoms. The molecule has 20 heavy (non-hydrogen) atoms. The number of aryl methyl sites for hydroxylation is 2. The zero-order chi connectivity index (χ0) is 14.7. The minimum Gasteiger partial charge on any atom is -0.481 e. The summed E-state index contributed by atoms with van der Waals surface area (Å²) in [6.07, 6.45) is 3.14. The molecule has 0 aliphatic heterocycles. The van der Waals surface area contributed by atoms with Crippen molar-refractivity contribution in [2.75, 3.05) is 6.54 Å². The summed E-state index contributed by atoms with van der Waals surface area (Å²) in [6.45, 7) is 2.46. The fourth-order valence-corrected chi connectivity index (χ4v) is 2.76. The van der Waals surface area contributed by atoms with E-state index in [1.807, 2.05) is 6.92 Å². The van der Waals surface area contributed by atoms with E-state index in [1.54, 1.807) is 17.8 Å². The number of nitrogens with zero attached hydrogens (tertiary/aromatic N) is 2. The Hall–Kier alpha value is -1.85. The van der Waals surface area contributed by atoms with Gasteiger partial charge in [-0.1, -0.05) is 0 Å². The molecule has 0 radical (unpaired) electrons. The lowest BCUT2D eigenvalue weighted by molar-refractivity contribution is -0.143. The second-order valence-corrected chi connectivity index (χ2v) is 5.56. The molecule has 1 aromatic rings. The molecule has 1 fully saturated rings. The highest BCUT2D eigenvalue weighted by molar-refractivity contribution is 5.92. The molecule has 110 valence electrons. The quantitative estimate of drug-likeness (QED) is 0.871. The number of hydrogen-bond donors (Lipinski definition) is 2. The number of hydrogen-bond acceptors (Lipinski definition) is 3. The van der Waals surface area contributed by atoms with Crippen LogP contribution in [-0.4, -0.2) is 33.3 Å². The molecule has 6 nitrogen and oxygen atoms in total. The molecule has 1 heterocycles. The Balaban J connectivity index is 1.80. The maximum absolute atomic E-state index is 12.0. The SMILES string of the molecule is Cc1cc(C(=O)NCC2CCC(C(=O)O)CC2)n(C)n1. The second-order valence-electron chi connectivity index (χ2n) is 5.56. The van der Waals surface area contributed by atoms with Crippen molar-refractivity contribution in [3.05, 3.63) is 17.5 Å². The first-order valence-electron chi connectivity index (χ1n) is 6.99. The summed E-state index contributed by atoms with van der Waals surface area (Å²) in [7, 11) is 1.75. The number of aliphatic carboxylic acids is 1. The Morgan fingerprint density at radius 2 is 2.05 bits per heavy atom. The number of amides is 1. The summed E-state index contributed by atoms with van der Waals surface area (Å²) >= 11 is 0. The second kappa shape index (κ2) is 6.07. The maximum atomic E-state index is 12.0. The van der Waals surface area contributed by atoms with Crippen LogP contribution in [0.3, 0.4) is 0 Å². The molecular formula is C14H21N3O3. The number of carbonyl (C=O) groups excluding carboxylic acids is 1. The van der Waals surface area contributed by atoms with Gasteiger partial charge in [0.1, 0.15) is 5.69 Å². The van der Waals surface area contributed by atoms with Gasteiger partial charge < -0.3 is 10.4 Å². The summed E-state index contributed by atoms with van der Waals surface area (Å²) in [5, 5.41) is 16.0. The number of carboxylic acids is 1. The zero-order valence-corrected chi connectivity index (χ0v) is 11.9. The molecular weight excluding hydrogens is 258 g/mol. The summed E-state index contributed by atoms with van der Waals surface area (Å²) < 4.78 is 1.58. The van der Waals surface area contributed by atoms with Crippen molar-refractivity contribution >= 4 is 11.9 Å². The van der Waals surface area contributed by atoms with Crippen molar-refractivity contribution in [1.29, 1.82) is 0 Å². The van der Waals surface area contributed by atoms with Crippen LogP contribution in [0.2, 0.25) is 0 Å². The summed E-state index contributed by atoms with van der Waals surface area (Å²) in [5.74, 6) is -0.642. The van der Waals surface area contributed by atoms with Gasteiger partial charge in [0.25, 0.3) is 5.91 Å². The van der Waals surface area contributed by atoms with Crippen LogP contribution in [0.25, 0.3) is 0 Å². The van der Waals surface area contributed by atoms with Crippen LogP contribution < -0.4 is 5.32 Å². The normalized spacial score (nSPS) is 22.5. The number of carboxylic acid groups (broad SMARTS) is 1. The van der Waals surface area contributed by atoms with Crippen molar-refractivity contribution in [2.24, 2.45) is 18.9 Å². The zero-order valence-electron chi connectivity index (χ0n) is 11.9. The predicted molar refractivity (Wildman–Crippen MR) is 73.4 cm³/mol. The minimum absolute atomic E-state index is 0.117. The van der Waals surface area contributed by atoms with Gasteiger partial charge >= 0.3 is 5.97 Å². The lowest BCUT2D eigenvalue weighted by Crippen LogP contribution is -2.33. The first kappa shape index (κ1) is 14.6. The Kier molecular flexibility index (Phi) is 4.42. The third-order valence-corrected chi connectivity index (χ3v) is 3.98. The van der Waals surface area contributed by atoms with Crippen LogP contribution in [0.1, 0.15) is 41.9 Å². The highest BCUT2D eigenvalue weighted by Crippen LogP contribution is 2.28. The molecule has 0 bridgehead atoms. The molecule has 0 aromatic carbocycles. The highest BCUT2D eigenvalue weighted by Gasteiger charge is 2.26. The summed E-state index contributed by atoms with van der Waals surface area (Å²) in [5.41, 5.74) is 1.38. The smallest absolute Gasteiger partial charge is 0.306 e. The molecule has 0 spiro atoms. The number of carbonyl (C=O) groups is 2.